The van der Waals surface area contributed by atoms with Crippen LogP contribution in [0, 0.1) is 11.8 Å². The minimum atomic E-state index is -0.881. The Morgan fingerprint density at radius 1 is 1.23 bits per heavy atom. The third-order valence-electron chi connectivity index (χ3n) is 5.76. The molecule has 6 nitrogen and oxygen atoms in total. The molecule has 1 aromatic carbocycles. The highest BCUT2D eigenvalue weighted by Gasteiger charge is 2.47. The van der Waals surface area contributed by atoms with Gasteiger partial charge in [-0.25, -0.2) is 4.79 Å². The van der Waals surface area contributed by atoms with Crippen LogP contribution >= 0.6 is 11.8 Å². The second kappa shape index (κ2) is 10.2. The molecule has 1 aliphatic heterocycles. The molecule has 0 aromatic heterocycles. The maximum Gasteiger partial charge on any atom is 0.336 e. The number of rotatable bonds is 7. The van der Waals surface area contributed by atoms with Crippen molar-refractivity contribution in [1.82, 2.24) is 5.32 Å². The Labute approximate surface area is 187 Å². The van der Waals surface area contributed by atoms with E-state index in [0.29, 0.717) is 35.6 Å². The van der Waals surface area contributed by atoms with E-state index in [0.717, 1.165) is 17.0 Å². The third kappa shape index (κ3) is 4.71. The van der Waals surface area contributed by atoms with E-state index in [9.17, 15) is 14.4 Å². The van der Waals surface area contributed by atoms with Crippen LogP contribution in [0.2, 0.25) is 0 Å². The van der Waals surface area contributed by atoms with Crippen molar-refractivity contribution in [2.45, 2.75) is 33.1 Å². The number of ether oxygens (including phenoxy) is 2. The molecule has 1 aliphatic carbocycles. The van der Waals surface area contributed by atoms with E-state index in [1.165, 1.54) is 7.11 Å². The maximum absolute atomic E-state index is 13.6. The van der Waals surface area contributed by atoms with Gasteiger partial charge in [-0.15, -0.1) is 0 Å². The lowest BCUT2D eigenvalue weighted by molar-refractivity contribution is -0.151. The van der Waals surface area contributed by atoms with Gasteiger partial charge in [-0.2, -0.15) is 11.8 Å². The van der Waals surface area contributed by atoms with Crippen LogP contribution in [0.1, 0.15) is 38.7 Å². The number of nitrogens with one attached hydrogen (secondary N) is 1. The summed E-state index contributed by atoms with van der Waals surface area (Å²) in [6.45, 7) is 6.06. The Hall–Kier alpha value is -2.54. The number of thioether (sulfide) groups is 1. The molecule has 0 fully saturated rings. The molecule has 1 N–H and O–H groups in total. The number of Topliss-reactive ketones (excluding diaryl/α,β-unsaturated/α-hetero) is 1. The van der Waals surface area contributed by atoms with E-state index in [2.05, 4.69) is 12.2 Å². The van der Waals surface area contributed by atoms with E-state index in [1.807, 2.05) is 44.2 Å². The number of esters is 2. The normalized spacial score (nSPS) is 23.2. The molecule has 2 aliphatic rings. The molecule has 0 amide bonds. The van der Waals surface area contributed by atoms with Crippen molar-refractivity contribution in [1.29, 1.82) is 0 Å². The summed E-state index contributed by atoms with van der Waals surface area (Å²) in [6.07, 6.45) is 0.525. The molecule has 0 bridgehead atoms. The lowest BCUT2D eigenvalue weighted by Gasteiger charge is -2.38. The van der Waals surface area contributed by atoms with E-state index in [-0.39, 0.29) is 11.7 Å². The lowest BCUT2D eigenvalue weighted by Crippen LogP contribution is -2.43. The summed E-state index contributed by atoms with van der Waals surface area (Å²) in [7, 11) is 1.29. The highest BCUT2D eigenvalue weighted by Crippen LogP contribution is 2.45. The van der Waals surface area contributed by atoms with Crippen LogP contribution in [0.15, 0.2) is 52.9 Å². The lowest BCUT2D eigenvalue weighted by atomic mass is 9.69. The maximum atomic E-state index is 13.6. The molecule has 0 unspecified atom stereocenters. The molecule has 0 saturated heterocycles. The quantitative estimate of drug-likeness (QED) is 0.392. The van der Waals surface area contributed by atoms with Crippen LogP contribution in [0.3, 0.4) is 0 Å². The van der Waals surface area contributed by atoms with Gasteiger partial charge >= 0.3 is 11.9 Å². The van der Waals surface area contributed by atoms with Crippen molar-refractivity contribution in [3.63, 3.8) is 0 Å². The molecule has 0 saturated carbocycles. The first-order valence-electron chi connectivity index (χ1n) is 10.5. The molecular formula is C24H29NO5S. The Morgan fingerprint density at radius 2 is 1.94 bits per heavy atom. The second-order valence-corrected chi connectivity index (χ2v) is 9.17. The molecule has 1 heterocycles. The van der Waals surface area contributed by atoms with Gasteiger partial charge < -0.3 is 14.8 Å². The van der Waals surface area contributed by atoms with Crippen molar-refractivity contribution < 1.29 is 23.9 Å². The number of allylic oxidation sites excluding steroid dienone is 3. The Balaban J connectivity index is 2.04. The summed E-state index contributed by atoms with van der Waals surface area (Å²) in [5.74, 6) is -1.27. The van der Waals surface area contributed by atoms with Gasteiger partial charge in [0.15, 0.2) is 5.78 Å². The van der Waals surface area contributed by atoms with Gasteiger partial charge in [-0.3, -0.25) is 9.59 Å². The minimum absolute atomic E-state index is 0.199. The largest absolute Gasteiger partial charge is 0.468 e. The predicted octanol–water partition coefficient (Wildman–Crippen LogP) is 3.60. The number of hydrogen-bond acceptors (Lipinski definition) is 7. The first kappa shape index (κ1) is 23.1. The zero-order chi connectivity index (χ0) is 22.5. The second-order valence-electron chi connectivity index (χ2n) is 7.78. The van der Waals surface area contributed by atoms with Crippen molar-refractivity contribution in [3.8, 4) is 0 Å². The summed E-state index contributed by atoms with van der Waals surface area (Å²) in [4.78, 5) is 39.1. The van der Waals surface area contributed by atoms with E-state index in [1.54, 1.807) is 11.8 Å². The smallest absolute Gasteiger partial charge is 0.336 e. The standard InChI is InChI=1S/C24H29NO5S/c1-5-31-12-11-30-24(28)19-15(3)25-17-13-14(2)18(23(27)29-4)22(26)21(17)20(19)16-9-7-6-8-10-16/h6-10,14,18,20,25H,5,11-13H2,1-4H3/t14-,18-,20-/m1/s1. The van der Waals surface area contributed by atoms with Crippen molar-refractivity contribution in [3.05, 3.63) is 58.4 Å². The molecule has 31 heavy (non-hydrogen) atoms. The number of carbonyl (C=O) groups is 3. The van der Waals surface area contributed by atoms with E-state index < -0.39 is 23.8 Å². The van der Waals surface area contributed by atoms with Crippen LogP contribution in [0.25, 0.3) is 0 Å². The van der Waals surface area contributed by atoms with Gasteiger partial charge in [0.1, 0.15) is 12.5 Å². The van der Waals surface area contributed by atoms with E-state index in [4.69, 9.17) is 9.47 Å². The summed E-state index contributed by atoms with van der Waals surface area (Å²) in [5.41, 5.74) is 3.13. The molecule has 1 aromatic rings. The van der Waals surface area contributed by atoms with Crippen molar-refractivity contribution >= 4 is 29.5 Å². The average Bonchev–Trinajstić information content (AvgIpc) is 2.76. The van der Waals surface area contributed by atoms with Gasteiger partial charge in [-0.05, 0) is 30.6 Å². The van der Waals surface area contributed by atoms with Crippen LogP contribution < -0.4 is 5.32 Å². The van der Waals surface area contributed by atoms with Crippen LogP contribution in [0.4, 0.5) is 0 Å². The van der Waals surface area contributed by atoms with Crippen molar-refractivity contribution in [2.75, 3.05) is 25.2 Å². The fourth-order valence-electron chi connectivity index (χ4n) is 4.35. The number of benzene rings is 1. The monoisotopic (exact) mass is 443 g/mol. The third-order valence-corrected chi connectivity index (χ3v) is 6.62. The summed E-state index contributed by atoms with van der Waals surface area (Å²) in [5, 5.41) is 3.27. The van der Waals surface area contributed by atoms with Gasteiger partial charge in [0.25, 0.3) is 0 Å². The molecule has 166 valence electrons. The zero-order valence-electron chi connectivity index (χ0n) is 18.4. The molecule has 0 radical (unpaired) electrons. The number of ketones is 1. The zero-order valence-corrected chi connectivity index (χ0v) is 19.2. The van der Waals surface area contributed by atoms with Crippen LogP contribution in [-0.2, 0) is 23.9 Å². The van der Waals surface area contributed by atoms with Gasteiger partial charge in [-0.1, -0.05) is 44.2 Å². The Kier molecular flexibility index (Phi) is 7.59. The van der Waals surface area contributed by atoms with Gasteiger partial charge in [0.05, 0.1) is 12.7 Å². The number of carbonyl (C=O) groups excluding carboxylic acids is 3. The number of dihydropyridines is 1. The van der Waals surface area contributed by atoms with E-state index >= 15 is 0 Å². The van der Waals surface area contributed by atoms with Gasteiger partial charge in [0, 0.05) is 28.6 Å². The highest BCUT2D eigenvalue weighted by molar-refractivity contribution is 7.99. The van der Waals surface area contributed by atoms with Gasteiger partial charge in [0.2, 0.25) is 0 Å². The first-order chi connectivity index (χ1) is 14.9. The Morgan fingerprint density at radius 3 is 2.58 bits per heavy atom. The molecule has 3 atom stereocenters. The number of hydrogen-bond donors (Lipinski definition) is 1. The summed E-state index contributed by atoms with van der Waals surface area (Å²) < 4.78 is 10.5. The molecule has 3 rings (SSSR count). The summed E-state index contributed by atoms with van der Waals surface area (Å²) >= 11 is 1.70. The average molecular weight is 444 g/mol. The topological polar surface area (TPSA) is 81.7 Å². The van der Waals surface area contributed by atoms with Crippen molar-refractivity contribution in [2.24, 2.45) is 11.8 Å². The minimum Gasteiger partial charge on any atom is -0.468 e. The SMILES string of the molecule is CCSCCOC(=O)C1=C(C)NC2=C(C(=O)[C@H](C(=O)OC)[C@H](C)C2)[C@@H]1c1ccccc1. The predicted molar refractivity (Wildman–Crippen MR) is 120 cm³/mol. The first-order valence-corrected chi connectivity index (χ1v) is 11.7. The molecule has 7 heteroatoms. The fourth-order valence-corrected chi connectivity index (χ4v) is 4.84. The molecular weight excluding hydrogens is 414 g/mol. The molecule has 0 spiro atoms. The Bertz CT molecular complexity index is 921. The fraction of sp³-hybridized carbons (Fsp3) is 0.458. The van der Waals surface area contributed by atoms with Crippen LogP contribution in [0.5, 0.6) is 0 Å². The summed E-state index contributed by atoms with van der Waals surface area (Å²) in [6, 6.07) is 9.43. The number of methoxy groups -OCH3 is 1. The highest BCUT2D eigenvalue weighted by atomic mass is 32.2. The van der Waals surface area contributed by atoms with Crippen LogP contribution in [-0.4, -0.2) is 42.9 Å².